The smallest absolute Gasteiger partial charge is 1.00 e. The summed E-state index contributed by atoms with van der Waals surface area (Å²) in [5, 5.41) is 0. The molecule has 42 heavy (non-hydrogen) atoms. The molecule has 0 unspecified atom stereocenters. The average molecular weight is 775 g/mol. The number of rotatable bonds is 0. The molecule has 0 atom stereocenters. The van der Waals surface area contributed by atoms with Gasteiger partial charge >= 0.3 is 50.3 Å². The van der Waals surface area contributed by atoms with Crippen molar-refractivity contribution < 1.29 is 75.8 Å². The van der Waals surface area contributed by atoms with E-state index in [-0.39, 0.29) is 67.6 Å². The summed E-state index contributed by atoms with van der Waals surface area (Å²) in [6.45, 7) is 3.58. The number of alkyl halides is 3. The van der Waals surface area contributed by atoms with Gasteiger partial charge in [0.25, 0.3) is 0 Å². The zero-order valence-corrected chi connectivity index (χ0v) is 31.6. The minimum atomic E-state index is -3.67. The number of hydrogen-bond acceptors (Lipinski definition) is 4. The maximum absolute atomic E-state index is 11.0. The first kappa shape index (κ1) is 44.7. The molecule has 0 aliphatic carbocycles. The summed E-state index contributed by atoms with van der Waals surface area (Å²) in [4.78, 5) is 57.8. The van der Waals surface area contributed by atoms with Crippen LogP contribution in [0.15, 0.2) is 0 Å². The van der Waals surface area contributed by atoms with Crippen LogP contribution in [-0.4, -0.2) is 179 Å². The van der Waals surface area contributed by atoms with E-state index in [0.717, 1.165) is 78.0 Å². The molecule has 0 saturated carbocycles. The second-order valence-electron chi connectivity index (χ2n) is 10.2. The second-order valence-corrected chi connectivity index (χ2v) is 10.2. The van der Waals surface area contributed by atoms with Crippen molar-refractivity contribution in [2.24, 2.45) is 0 Å². The maximum Gasteiger partial charge on any atom is 2.00 e. The summed E-state index contributed by atoms with van der Waals surface area (Å²) >= 11 is 0. The first-order valence-corrected chi connectivity index (χ1v) is 13.4. The van der Waals surface area contributed by atoms with Crippen LogP contribution in [0.1, 0.15) is 25.7 Å². The van der Waals surface area contributed by atoms with E-state index in [4.69, 9.17) is 0 Å². The molecule has 4 saturated heterocycles. The van der Waals surface area contributed by atoms with Crippen LogP contribution in [0.25, 0.3) is 0 Å². The van der Waals surface area contributed by atoms with Crippen molar-refractivity contribution in [3.8, 4) is 0 Å². The van der Waals surface area contributed by atoms with Gasteiger partial charge in [0.05, 0.1) is 0 Å². The van der Waals surface area contributed by atoms with E-state index in [0.29, 0.717) is 0 Å². The van der Waals surface area contributed by atoms with Gasteiger partial charge in [0, 0.05) is 109 Å². The Morgan fingerprint density at radius 2 is 0.500 bits per heavy atom. The molecule has 0 aromatic carbocycles. The molecule has 0 bridgehead atoms. The molecule has 0 aromatic rings. The molecule has 0 spiro atoms. The van der Waals surface area contributed by atoms with E-state index in [9.17, 15) is 32.3 Å². The summed E-state index contributed by atoms with van der Waals surface area (Å²) in [7, 11) is 14.7. The molecule has 0 aromatic heterocycles. The van der Waals surface area contributed by atoms with Crippen molar-refractivity contribution in [2.45, 2.75) is 32.4 Å². The topological polar surface area (TPSA) is 94.2 Å². The Kier molecular flexibility index (Phi) is 25.2. The Labute approximate surface area is 279 Å². The maximum atomic E-state index is 11.0. The second kappa shape index (κ2) is 23.7. The Bertz CT molecular complexity index is 638. The molecule has 4 fully saturated rings. The summed E-state index contributed by atoms with van der Waals surface area (Å²) in [6, 6.07) is 0.560. The Morgan fingerprint density at radius 3 is 0.571 bits per heavy atom. The third-order valence-electron chi connectivity index (χ3n) is 6.56. The number of amides is 8. The number of nitrogens with zero attached hydrogens (tertiary/aromatic N) is 8. The van der Waals surface area contributed by atoms with Crippen LogP contribution in [0.3, 0.4) is 0 Å². The quantitative estimate of drug-likeness (QED) is 0.249. The fraction of sp³-hybridized carbons (Fsp3) is 0.840. The molecule has 0 N–H and O–H groups in total. The summed E-state index contributed by atoms with van der Waals surface area (Å²) in [6.07, 6.45) is 4.38. The third kappa shape index (κ3) is 18.0. The van der Waals surface area contributed by atoms with E-state index in [2.05, 4.69) is 0 Å². The van der Waals surface area contributed by atoms with Crippen molar-refractivity contribution >= 4 is 24.1 Å². The summed E-state index contributed by atoms with van der Waals surface area (Å²) in [5.74, 6) is 0. The van der Waals surface area contributed by atoms with E-state index in [1.807, 2.05) is 56.4 Å². The molecule has 4 aliphatic heterocycles. The van der Waals surface area contributed by atoms with Crippen molar-refractivity contribution in [2.75, 3.05) is 109 Å². The number of carbonyl (C=O) groups is 4. The predicted molar refractivity (Wildman–Crippen MR) is 148 cm³/mol. The Hall–Kier alpha value is -1.78. The third-order valence-corrected chi connectivity index (χ3v) is 6.56. The molecule has 12 nitrogen and oxygen atoms in total. The molecular formula is C25H49F3IN8O4Zn+. The predicted octanol–water partition coefficient (Wildman–Crippen LogP) is -0.325. The van der Waals surface area contributed by atoms with Crippen LogP contribution < -0.4 is 24.0 Å². The van der Waals surface area contributed by atoms with Gasteiger partial charge in [-0.2, -0.15) is 13.2 Å². The minimum absolute atomic E-state index is 0. The van der Waals surface area contributed by atoms with Crippen molar-refractivity contribution in [3.63, 3.8) is 0 Å². The SMILES string of the molecule is CN1CCCN(C)C1=O.CN1CCCN(C)C1=O.CN1CCCN(C)C1=O.CN1CCCN(C)C1=O.FC(F)F.[I-].[Zn+2]. The standard InChI is InChI=1S/4C6H12N2O.CHF3.HI.Zn/c4*1-7-4-3-5-8(2)6(7)9;2-1(3)4;;/h4*3-5H2,1-2H3;1H;1H;/q;;;;;;+2/p-1. The first-order valence-electron chi connectivity index (χ1n) is 13.4. The van der Waals surface area contributed by atoms with Crippen molar-refractivity contribution in [1.29, 1.82) is 0 Å². The van der Waals surface area contributed by atoms with Gasteiger partial charge < -0.3 is 63.2 Å². The van der Waals surface area contributed by atoms with Crippen LogP contribution in [0.5, 0.6) is 0 Å². The summed E-state index contributed by atoms with van der Waals surface area (Å²) < 4.78 is 29.0. The molecule has 4 aliphatic rings. The molecule has 4 heterocycles. The van der Waals surface area contributed by atoms with Crippen LogP contribution in [0.2, 0.25) is 0 Å². The summed E-state index contributed by atoms with van der Waals surface area (Å²) in [5.41, 5.74) is 0. The van der Waals surface area contributed by atoms with Gasteiger partial charge in [0.2, 0.25) is 0 Å². The van der Waals surface area contributed by atoms with Crippen molar-refractivity contribution in [3.05, 3.63) is 0 Å². The van der Waals surface area contributed by atoms with Gasteiger partial charge in [-0.25, -0.2) is 19.2 Å². The molecule has 4 rings (SSSR count). The van der Waals surface area contributed by atoms with Gasteiger partial charge in [-0.1, -0.05) is 0 Å². The van der Waals surface area contributed by atoms with Gasteiger partial charge in [0.15, 0.2) is 0 Å². The van der Waals surface area contributed by atoms with E-state index in [1.54, 1.807) is 39.2 Å². The van der Waals surface area contributed by atoms with E-state index >= 15 is 0 Å². The van der Waals surface area contributed by atoms with Crippen LogP contribution in [0, 0.1) is 0 Å². The zero-order valence-electron chi connectivity index (χ0n) is 26.5. The fourth-order valence-corrected chi connectivity index (χ4v) is 4.11. The Morgan fingerprint density at radius 1 is 0.405 bits per heavy atom. The van der Waals surface area contributed by atoms with Crippen LogP contribution in [-0.2, 0) is 19.5 Å². The van der Waals surface area contributed by atoms with Gasteiger partial charge in [-0.3, -0.25) is 0 Å². The normalized spacial score (nSPS) is 18.8. The molecule has 8 amide bonds. The fourth-order valence-electron chi connectivity index (χ4n) is 4.11. The molecule has 242 valence electrons. The van der Waals surface area contributed by atoms with E-state index in [1.165, 1.54) is 0 Å². The molecular weight excluding hydrogens is 726 g/mol. The first-order chi connectivity index (χ1) is 18.6. The monoisotopic (exact) mass is 773 g/mol. The number of hydrogen-bond donors (Lipinski definition) is 0. The largest absolute Gasteiger partial charge is 2.00 e. The van der Waals surface area contributed by atoms with Crippen LogP contribution in [0.4, 0.5) is 32.3 Å². The van der Waals surface area contributed by atoms with Gasteiger partial charge in [0.1, 0.15) is 0 Å². The molecule has 0 radical (unpaired) electrons. The van der Waals surface area contributed by atoms with Gasteiger partial charge in [-0.05, 0) is 25.7 Å². The number of urea groups is 4. The van der Waals surface area contributed by atoms with Gasteiger partial charge in [-0.15, -0.1) is 0 Å². The van der Waals surface area contributed by atoms with E-state index < -0.39 is 6.68 Å². The number of carbonyl (C=O) groups excluding carboxylic acids is 4. The molecule has 17 heteroatoms. The van der Waals surface area contributed by atoms with Crippen LogP contribution >= 0.6 is 0 Å². The Balaban J connectivity index is -0.000000456. The number of halogens is 4. The average Bonchev–Trinajstić information content (AvgIpc) is 2.88. The minimum Gasteiger partial charge on any atom is -1.00 e. The van der Waals surface area contributed by atoms with Crippen molar-refractivity contribution in [1.82, 2.24) is 39.2 Å². The zero-order chi connectivity index (χ0) is 31.0.